The van der Waals surface area contributed by atoms with E-state index in [4.69, 9.17) is 0 Å². The van der Waals surface area contributed by atoms with Crippen molar-refractivity contribution in [3.05, 3.63) is 76.9 Å². The number of benzene rings is 2. The zero-order valence-corrected chi connectivity index (χ0v) is 15.1. The molecule has 0 fully saturated rings. The van der Waals surface area contributed by atoms with Crippen molar-refractivity contribution in [2.75, 3.05) is 12.3 Å². The minimum atomic E-state index is -0.537. The number of carbonyl (C=O) groups excluding carboxylic acids is 1. The Balaban J connectivity index is 1.56. The van der Waals surface area contributed by atoms with Gasteiger partial charge < -0.3 is 5.32 Å². The van der Waals surface area contributed by atoms with Crippen LogP contribution in [0.4, 0.5) is 5.69 Å². The first-order valence-electron chi connectivity index (χ1n) is 8.24. The number of amides is 1. The summed E-state index contributed by atoms with van der Waals surface area (Å²) in [6, 6.07) is 14.3. The van der Waals surface area contributed by atoms with Gasteiger partial charge in [0, 0.05) is 23.1 Å². The van der Waals surface area contributed by atoms with Crippen molar-refractivity contribution in [3.8, 4) is 5.69 Å². The van der Waals surface area contributed by atoms with Gasteiger partial charge in [0.1, 0.15) is 18.3 Å². The lowest BCUT2D eigenvalue weighted by Gasteiger charge is -2.07. The van der Waals surface area contributed by atoms with E-state index in [1.165, 1.54) is 40.4 Å². The van der Waals surface area contributed by atoms with Crippen molar-refractivity contribution in [3.63, 3.8) is 0 Å². The SMILES string of the molecule is O=C(NCCCSc1ccccc1)c1ccc(-n2cncn2)c([N+](=O)[O-])c1. The molecule has 138 valence electrons. The minimum Gasteiger partial charge on any atom is -0.352 e. The molecule has 9 heteroatoms. The van der Waals surface area contributed by atoms with Gasteiger partial charge in [-0.05, 0) is 36.4 Å². The molecule has 0 saturated heterocycles. The van der Waals surface area contributed by atoms with Crippen molar-refractivity contribution in [1.29, 1.82) is 0 Å². The third-order valence-corrected chi connectivity index (χ3v) is 4.82. The second-order valence-electron chi connectivity index (χ2n) is 5.57. The van der Waals surface area contributed by atoms with Gasteiger partial charge in [-0.25, -0.2) is 9.67 Å². The first kappa shape index (κ1) is 18.6. The molecule has 0 bridgehead atoms. The van der Waals surface area contributed by atoms with Gasteiger partial charge in [-0.15, -0.1) is 11.8 Å². The Kier molecular flexibility index (Phi) is 6.16. The van der Waals surface area contributed by atoms with E-state index in [0.717, 1.165) is 12.2 Å². The first-order valence-corrected chi connectivity index (χ1v) is 9.23. The Hall–Kier alpha value is -3.20. The molecule has 0 saturated carbocycles. The summed E-state index contributed by atoms with van der Waals surface area (Å²) >= 11 is 1.72. The van der Waals surface area contributed by atoms with E-state index in [9.17, 15) is 14.9 Å². The highest BCUT2D eigenvalue weighted by Gasteiger charge is 2.19. The fourth-order valence-electron chi connectivity index (χ4n) is 2.42. The Morgan fingerprint density at radius 3 is 2.74 bits per heavy atom. The van der Waals surface area contributed by atoms with E-state index in [2.05, 4.69) is 15.4 Å². The predicted octanol–water partition coefficient (Wildman–Crippen LogP) is 3.09. The Labute approximate surface area is 159 Å². The maximum absolute atomic E-state index is 12.3. The number of hydrogen-bond donors (Lipinski definition) is 1. The number of nitro groups is 1. The molecule has 2 aromatic carbocycles. The van der Waals surface area contributed by atoms with Gasteiger partial charge in [0.05, 0.1) is 4.92 Å². The maximum atomic E-state index is 12.3. The van der Waals surface area contributed by atoms with E-state index in [1.807, 2.05) is 30.3 Å². The quantitative estimate of drug-likeness (QED) is 0.277. The van der Waals surface area contributed by atoms with Gasteiger partial charge in [0.15, 0.2) is 0 Å². The summed E-state index contributed by atoms with van der Waals surface area (Å²) in [4.78, 5) is 28.0. The number of rotatable bonds is 8. The van der Waals surface area contributed by atoms with E-state index in [-0.39, 0.29) is 22.8 Å². The molecular formula is C18H17N5O3S. The van der Waals surface area contributed by atoms with Gasteiger partial charge in [-0.1, -0.05) is 18.2 Å². The zero-order chi connectivity index (χ0) is 19.1. The minimum absolute atomic E-state index is 0.201. The molecule has 3 aromatic rings. The Bertz CT molecular complexity index is 916. The second-order valence-corrected chi connectivity index (χ2v) is 6.74. The molecular weight excluding hydrogens is 366 g/mol. The highest BCUT2D eigenvalue weighted by Crippen LogP contribution is 2.23. The molecule has 1 aromatic heterocycles. The third kappa shape index (κ3) is 4.91. The van der Waals surface area contributed by atoms with Crippen LogP contribution in [-0.2, 0) is 0 Å². The molecule has 1 N–H and O–H groups in total. The van der Waals surface area contributed by atoms with Crippen LogP contribution in [0.15, 0.2) is 66.1 Å². The van der Waals surface area contributed by atoms with Crippen LogP contribution in [-0.4, -0.2) is 37.9 Å². The second kappa shape index (κ2) is 8.95. The summed E-state index contributed by atoms with van der Waals surface area (Å²) in [6.07, 6.45) is 3.45. The molecule has 1 heterocycles. The molecule has 0 unspecified atom stereocenters. The zero-order valence-electron chi connectivity index (χ0n) is 14.3. The normalized spacial score (nSPS) is 10.5. The summed E-state index contributed by atoms with van der Waals surface area (Å²) in [5.41, 5.74) is 0.294. The molecule has 1 amide bonds. The Morgan fingerprint density at radius 1 is 1.22 bits per heavy atom. The van der Waals surface area contributed by atoms with Crippen molar-refractivity contribution < 1.29 is 9.72 Å². The smallest absolute Gasteiger partial charge is 0.295 e. The molecule has 0 radical (unpaired) electrons. The van der Waals surface area contributed by atoms with Gasteiger partial charge in [0.25, 0.3) is 11.6 Å². The van der Waals surface area contributed by atoms with E-state index >= 15 is 0 Å². The monoisotopic (exact) mass is 383 g/mol. The summed E-state index contributed by atoms with van der Waals surface area (Å²) in [7, 11) is 0. The van der Waals surface area contributed by atoms with E-state index in [1.54, 1.807) is 11.8 Å². The number of nitro benzene ring substituents is 1. The fourth-order valence-corrected chi connectivity index (χ4v) is 3.29. The van der Waals surface area contributed by atoms with Crippen LogP contribution >= 0.6 is 11.8 Å². The van der Waals surface area contributed by atoms with Crippen molar-refractivity contribution in [2.24, 2.45) is 0 Å². The number of aromatic nitrogens is 3. The van der Waals surface area contributed by atoms with Crippen LogP contribution in [0.25, 0.3) is 5.69 Å². The van der Waals surface area contributed by atoms with Gasteiger partial charge >= 0.3 is 0 Å². The van der Waals surface area contributed by atoms with Crippen LogP contribution in [0.1, 0.15) is 16.8 Å². The van der Waals surface area contributed by atoms with Crippen molar-refractivity contribution >= 4 is 23.4 Å². The van der Waals surface area contributed by atoms with Gasteiger partial charge in [0.2, 0.25) is 0 Å². The lowest BCUT2D eigenvalue weighted by molar-refractivity contribution is -0.384. The Morgan fingerprint density at radius 2 is 2.04 bits per heavy atom. The topological polar surface area (TPSA) is 103 Å². The summed E-state index contributed by atoms with van der Waals surface area (Å²) in [6.45, 7) is 0.497. The van der Waals surface area contributed by atoms with Crippen LogP contribution in [0, 0.1) is 10.1 Å². The van der Waals surface area contributed by atoms with Crippen LogP contribution in [0.5, 0.6) is 0 Å². The molecule has 8 nitrogen and oxygen atoms in total. The fraction of sp³-hybridized carbons (Fsp3) is 0.167. The molecule has 0 aliphatic heterocycles. The largest absolute Gasteiger partial charge is 0.352 e. The highest BCUT2D eigenvalue weighted by molar-refractivity contribution is 7.99. The number of carbonyl (C=O) groups is 1. The average Bonchev–Trinajstić information content (AvgIpc) is 3.22. The molecule has 0 atom stereocenters. The summed E-state index contributed by atoms with van der Waals surface area (Å²) in [5, 5.41) is 18.0. The average molecular weight is 383 g/mol. The number of hydrogen-bond acceptors (Lipinski definition) is 6. The first-order chi connectivity index (χ1) is 13.1. The number of thioether (sulfide) groups is 1. The third-order valence-electron chi connectivity index (χ3n) is 3.72. The summed E-state index contributed by atoms with van der Waals surface area (Å²) < 4.78 is 1.29. The van der Waals surface area contributed by atoms with E-state index < -0.39 is 4.92 Å². The van der Waals surface area contributed by atoms with Crippen molar-refractivity contribution in [1.82, 2.24) is 20.1 Å². The van der Waals surface area contributed by atoms with Crippen LogP contribution in [0.2, 0.25) is 0 Å². The molecule has 3 rings (SSSR count). The van der Waals surface area contributed by atoms with E-state index in [0.29, 0.717) is 6.54 Å². The van der Waals surface area contributed by atoms with Crippen LogP contribution in [0.3, 0.4) is 0 Å². The summed E-state index contributed by atoms with van der Waals surface area (Å²) in [5.74, 6) is 0.531. The van der Waals surface area contributed by atoms with Gasteiger partial charge in [-0.2, -0.15) is 5.10 Å². The molecule has 0 aliphatic rings. The number of nitrogens with one attached hydrogen (secondary N) is 1. The molecule has 27 heavy (non-hydrogen) atoms. The molecule has 0 aliphatic carbocycles. The van der Waals surface area contributed by atoms with Gasteiger partial charge in [-0.3, -0.25) is 14.9 Å². The maximum Gasteiger partial charge on any atom is 0.295 e. The highest BCUT2D eigenvalue weighted by atomic mass is 32.2. The lowest BCUT2D eigenvalue weighted by atomic mass is 10.1. The number of nitrogens with zero attached hydrogens (tertiary/aromatic N) is 4. The molecule has 0 spiro atoms. The van der Waals surface area contributed by atoms with Crippen LogP contribution < -0.4 is 5.32 Å². The predicted molar refractivity (Wildman–Crippen MR) is 102 cm³/mol. The standard InChI is InChI=1S/C18H17N5O3S/c24-18(20-9-4-10-27-15-5-2-1-3-6-15)14-7-8-16(17(11-14)23(25)26)22-13-19-12-21-22/h1-3,5-8,11-13H,4,9-10H2,(H,20,24). The van der Waals surface area contributed by atoms with Crippen molar-refractivity contribution in [2.45, 2.75) is 11.3 Å². The lowest BCUT2D eigenvalue weighted by Crippen LogP contribution is -2.25.